The van der Waals surface area contributed by atoms with E-state index >= 15 is 0 Å². The van der Waals surface area contributed by atoms with Crippen LogP contribution in [0.4, 0.5) is 9.93 Å². The van der Waals surface area contributed by atoms with Crippen molar-refractivity contribution in [1.29, 1.82) is 0 Å². The Morgan fingerprint density at radius 1 is 1.16 bits per heavy atom. The minimum atomic E-state index is -0.380. The van der Waals surface area contributed by atoms with E-state index in [4.69, 9.17) is 9.72 Å². The number of thioether (sulfide) groups is 1. The number of ether oxygens (including phenoxy) is 1. The van der Waals surface area contributed by atoms with E-state index in [-0.39, 0.29) is 23.3 Å². The number of nitrogens with one attached hydrogen (secondary N) is 2. The van der Waals surface area contributed by atoms with E-state index in [0.717, 1.165) is 49.7 Å². The summed E-state index contributed by atoms with van der Waals surface area (Å²) in [5.41, 5.74) is 3.26. The van der Waals surface area contributed by atoms with Gasteiger partial charge in [0.2, 0.25) is 0 Å². The van der Waals surface area contributed by atoms with E-state index in [1.807, 2.05) is 38.1 Å². The minimum Gasteiger partial charge on any atom is -0.489 e. The molecule has 0 bridgehead atoms. The first kappa shape index (κ1) is 21.3. The Hall–Kier alpha value is -2.91. The molecule has 3 heterocycles. The van der Waals surface area contributed by atoms with Crippen molar-refractivity contribution in [2.75, 3.05) is 5.32 Å². The maximum absolute atomic E-state index is 11.7. The number of fused-ring (bicyclic) bond motifs is 1. The van der Waals surface area contributed by atoms with Gasteiger partial charge in [0.25, 0.3) is 11.1 Å². The lowest BCUT2D eigenvalue weighted by Crippen LogP contribution is -2.17. The van der Waals surface area contributed by atoms with Gasteiger partial charge in [0.15, 0.2) is 5.13 Å². The number of anilines is 1. The Balaban J connectivity index is 1.69. The number of pyridine rings is 1. The minimum absolute atomic E-state index is 0.0294. The molecule has 0 spiro atoms. The van der Waals surface area contributed by atoms with Crippen LogP contribution in [0.25, 0.3) is 27.6 Å². The van der Waals surface area contributed by atoms with Crippen LogP contribution in [0.2, 0.25) is 0 Å². The zero-order valence-electron chi connectivity index (χ0n) is 17.6. The summed E-state index contributed by atoms with van der Waals surface area (Å²) >= 11 is 2.46. The topological polar surface area (TPSA) is 93.2 Å². The molecule has 0 unspecified atom stereocenters. The van der Waals surface area contributed by atoms with Gasteiger partial charge in [-0.3, -0.25) is 19.9 Å². The number of hydrogen-bond acceptors (Lipinski definition) is 8. The van der Waals surface area contributed by atoms with E-state index in [0.29, 0.717) is 4.91 Å². The first-order chi connectivity index (χ1) is 14.8. The molecule has 0 atom stereocenters. The number of rotatable bonds is 6. The van der Waals surface area contributed by atoms with Crippen LogP contribution in [0, 0.1) is 0 Å². The van der Waals surface area contributed by atoms with E-state index in [1.165, 1.54) is 0 Å². The molecule has 7 nitrogen and oxygen atoms in total. The van der Waals surface area contributed by atoms with Gasteiger partial charge in [0.1, 0.15) is 5.75 Å². The molecular weight excluding hydrogens is 432 g/mol. The van der Waals surface area contributed by atoms with Crippen molar-refractivity contribution < 1.29 is 14.3 Å². The molecule has 1 aliphatic rings. The number of thiazole rings is 1. The fraction of sp³-hybridized carbons (Fsp3) is 0.273. The summed E-state index contributed by atoms with van der Waals surface area (Å²) in [5.74, 6) is 0.400. The Morgan fingerprint density at radius 3 is 2.58 bits per heavy atom. The molecule has 160 valence electrons. The zero-order valence-corrected chi connectivity index (χ0v) is 19.2. The third kappa shape index (κ3) is 4.88. The van der Waals surface area contributed by atoms with Gasteiger partial charge in [0.05, 0.1) is 26.9 Å². The van der Waals surface area contributed by atoms with Crippen molar-refractivity contribution in [3.8, 4) is 17.0 Å². The Morgan fingerprint density at radius 2 is 1.97 bits per heavy atom. The van der Waals surface area contributed by atoms with Crippen LogP contribution in [0.1, 0.15) is 33.3 Å². The van der Waals surface area contributed by atoms with Crippen molar-refractivity contribution >= 4 is 55.7 Å². The Labute approximate surface area is 188 Å². The molecule has 1 fully saturated rings. The third-order valence-corrected chi connectivity index (χ3v) is 6.08. The van der Waals surface area contributed by atoms with Crippen LogP contribution in [0.15, 0.2) is 35.4 Å². The largest absolute Gasteiger partial charge is 0.489 e. The second kappa shape index (κ2) is 8.68. The first-order valence-electron chi connectivity index (χ1n) is 9.87. The van der Waals surface area contributed by atoms with Gasteiger partial charge in [-0.25, -0.2) is 4.98 Å². The second-order valence-electron chi connectivity index (χ2n) is 7.64. The fourth-order valence-corrected chi connectivity index (χ4v) is 4.76. The van der Waals surface area contributed by atoms with Crippen molar-refractivity contribution in [1.82, 2.24) is 15.3 Å². The fourth-order valence-electron chi connectivity index (χ4n) is 3.03. The van der Waals surface area contributed by atoms with Gasteiger partial charge < -0.3 is 10.1 Å². The molecule has 3 aromatic rings. The number of aromatic nitrogens is 2. The summed E-state index contributed by atoms with van der Waals surface area (Å²) in [7, 11) is 0. The molecule has 4 rings (SSSR count). The quantitative estimate of drug-likeness (QED) is 0.489. The highest BCUT2D eigenvalue weighted by Crippen LogP contribution is 2.38. The van der Waals surface area contributed by atoms with Gasteiger partial charge in [-0.05, 0) is 69.3 Å². The van der Waals surface area contributed by atoms with E-state index in [1.54, 1.807) is 23.6 Å². The smallest absolute Gasteiger partial charge is 0.290 e. The molecule has 1 aliphatic heterocycles. The highest BCUT2D eigenvalue weighted by molar-refractivity contribution is 8.18. The molecule has 9 heteroatoms. The number of amides is 2. The average molecular weight is 455 g/mol. The van der Waals surface area contributed by atoms with Crippen LogP contribution in [-0.2, 0) is 4.79 Å². The van der Waals surface area contributed by atoms with Crippen LogP contribution < -0.4 is 15.4 Å². The third-order valence-electron chi connectivity index (χ3n) is 4.25. The lowest BCUT2D eigenvalue weighted by atomic mass is 10.1. The second-order valence-corrected chi connectivity index (χ2v) is 9.65. The highest BCUT2D eigenvalue weighted by Gasteiger charge is 2.25. The molecule has 31 heavy (non-hydrogen) atoms. The molecule has 2 N–H and O–H groups in total. The van der Waals surface area contributed by atoms with Crippen LogP contribution in [0.5, 0.6) is 5.75 Å². The normalized spacial score (nSPS) is 15.4. The highest BCUT2D eigenvalue weighted by atomic mass is 32.2. The predicted octanol–water partition coefficient (Wildman–Crippen LogP) is 5.29. The summed E-state index contributed by atoms with van der Waals surface area (Å²) < 4.78 is 7.06. The standard InChI is InChI=1S/C22H22N4O3S2/c1-11(2)24-21-25-16-8-14(9-17(19(16)31-21)29-12(3)4)15-6-5-13(10-23-15)7-18-20(27)26-22(28)30-18/h5-12H,1-4H3,(H,24,25)(H,26,27,28). The van der Waals surface area contributed by atoms with E-state index < -0.39 is 0 Å². The number of benzene rings is 1. The molecule has 2 aromatic heterocycles. The summed E-state index contributed by atoms with van der Waals surface area (Å²) in [5, 5.41) is 6.10. The average Bonchev–Trinajstić information content (AvgIpc) is 3.23. The summed E-state index contributed by atoms with van der Waals surface area (Å²) in [6.45, 7) is 8.14. The van der Waals surface area contributed by atoms with E-state index in [2.05, 4.69) is 29.5 Å². The zero-order chi connectivity index (χ0) is 22.1. The molecule has 2 amide bonds. The lowest BCUT2D eigenvalue weighted by molar-refractivity contribution is -0.115. The lowest BCUT2D eigenvalue weighted by Gasteiger charge is -2.12. The van der Waals surface area contributed by atoms with E-state index in [9.17, 15) is 9.59 Å². The number of hydrogen-bond donors (Lipinski definition) is 2. The van der Waals surface area contributed by atoms with Crippen LogP contribution in [-0.4, -0.2) is 33.3 Å². The molecule has 0 saturated carbocycles. The van der Waals surface area contributed by atoms with Gasteiger partial charge >= 0.3 is 0 Å². The van der Waals surface area contributed by atoms with Crippen molar-refractivity contribution in [3.05, 3.63) is 40.9 Å². The molecule has 1 saturated heterocycles. The summed E-state index contributed by atoms with van der Waals surface area (Å²) in [6.07, 6.45) is 3.36. The summed E-state index contributed by atoms with van der Waals surface area (Å²) in [4.78, 5) is 32.7. The number of imide groups is 1. The Bertz CT molecular complexity index is 1180. The molecule has 0 aliphatic carbocycles. The number of carbonyl (C=O) groups is 2. The monoisotopic (exact) mass is 454 g/mol. The van der Waals surface area contributed by atoms with Gasteiger partial charge in [-0.2, -0.15) is 0 Å². The number of carbonyl (C=O) groups excluding carboxylic acids is 2. The number of nitrogens with zero attached hydrogens (tertiary/aromatic N) is 2. The van der Waals surface area contributed by atoms with Crippen LogP contribution in [0.3, 0.4) is 0 Å². The van der Waals surface area contributed by atoms with Crippen molar-refractivity contribution in [2.24, 2.45) is 0 Å². The first-order valence-corrected chi connectivity index (χ1v) is 11.5. The van der Waals surface area contributed by atoms with Crippen molar-refractivity contribution in [2.45, 2.75) is 39.8 Å². The predicted molar refractivity (Wildman–Crippen MR) is 126 cm³/mol. The maximum atomic E-state index is 11.7. The Kier molecular flexibility index (Phi) is 5.97. The molecule has 1 aromatic carbocycles. The molecular formula is C22H22N4O3S2. The molecule has 0 radical (unpaired) electrons. The van der Waals surface area contributed by atoms with Gasteiger partial charge in [0, 0.05) is 17.8 Å². The van der Waals surface area contributed by atoms with Gasteiger partial charge in [-0.1, -0.05) is 17.4 Å². The van der Waals surface area contributed by atoms with Gasteiger partial charge in [-0.15, -0.1) is 0 Å². The summed E-state index contributed by atoms with van der Waals surface area (Å²) in [6, 6.07) is 8.02. The SMILES string of the molecule is CC(C)Nc1nc2cc(-c3ccc(C=C4SC(=O)NC4=O)cn3)cc(OC(C)C)c2s1. The maximum Gasteiger partial charge on any atom is 0.290 e. The van der Waals surface area contributed by atoms with Crippen LogP contribution >= 0.6 is 23.1 Å². The van der Waals surface area contributed by atoms with Crippen molar-refractivity contribution in [3.63, 3.8) is 0 Å².